The highest BCUT2D eigenvalue weighted by atomic mass is 32.2. The van der Waals surface area contributed by atoms with Gasteiger partial charge in [-0.2, -0.15) is 0 Å². The highest BCUT2D eigenvalue weighted by Gasteiger charge is 2.06. The summed E-state index contributed by atoms with van der Waals surface area (Å²) in [6, 6.07) is 0.182. The molecule has 0 spiro atoms. The fourth-order valence-corrected chi connectivity index (χ4v) is 1.50. The summed E-state index contributed by atoms with van der Waals surface area (Å²) in [5, 5.41) is 6.01. The molecular weight excluding hydrogens is 212 g/mol. The van der Waals surface area contributed by atoms with Crippen LogP contribution in [0, 0.1) is 0 Å². The number of carbonyl (C=O) groups excluding carboxylic acids is 1. The molecule has 0 saturated carbocycles. The normalized spacial score (nSPS) is 15.0. The van der Waals surface area contributed by atoms with Gasteiger partial charge in [0.25, 0.3) is 0 Å². The van der Waals surface area contributed by atoms with Gasteiger partial charge in [0.2, 0.25) is 5.91 Å². The molecule has 2 N–H and O–H groups in total. The van der Waals surface area contributed by atoms with Crippen LogP contribution < -0.4 is 10.6 Å². The maximum Gasteiger partial charge on any atom is 0.234 e. The summed E-state index contributed by atoms with van der Waals surface area (Å²) in [4.78, 5) is 11.2. The van der Waals surface area contributed by atoms with Crippen molar-refractivity contribution in [3.05, 3.63) is 0 Å². The molecule has 0 rings (SSSR count). The van der Waals surface area contributed by atoms with Crippen LogP contribution in [0.15, 0.2) is 0 Å². The van der Waals surface area contributed by atoms with Crippen molar-refractivity contribution in [2.75, 3.05) is 19.3 Å². The average Bonchev–Trinajstić information content (AvgIpc) is 2.10. The van der Waals surface area contributed by atoms with Crippen molar-refractivity contribution >= 4 is 16.7 Å². The maximum absolute atomic E-state index is 11.2. The number of hydrogen-bond donors (Lipinski definition) is 2. The molecule has 90 valence electrons. The Morgan fingerprint density at radius 2 is 1.93 bits per heavy atom. The Kier molecular flexibility index (Phi) is 7.60. The van der Waals surface area contributed by atoms with Crippen molar-refractivity contribution in [1.82, 2.24) is 10.6 Å². The van der Waals surface area contributed by atoms with Gasteiger partial charge >= 0.3 is 0 Å². The molecule has 5 heteroatoms. The van der Waals surface area contributed by atoms with Crippen molar-refractivity contribution in [3.63, 3.8) is 0 Å². The first-order valence-corrected chi connectivity index (χ1v) is 6.88. The molecule has 0 aliphatic rings. The lowest BCUT2D eigenvalue weighted by Crippen LogP contribution is -2.38. The van der Waals surface area contributed by atoms with E-state index < -0.39 is 10.8 Å². The molecule has 0 aromatic rings. The van der Waals surface area contributed by atoms with Crippen molar-refractivity contribution in [3.8, 4) is 0 Å². The van der Waals surface area contributed by atoms with E-state index in [-0.39, 0.29) is 17.2 Å². The van der Waals surface area contributed by atoms with E-state index in [0.717, 1.165) is 13.0 Å². The van der Waals surface area contributed by atoms with E-state index >= 15 is 0 Å². The lowest BCUT2D eigenvalue weighted by molar-refractivity contribution is -0.120. The number of amides is 1. The standard InChI is InChI=1S/C10H22N2O2S/c1-8(2)12-10(13)7-11-6-5-9(3)15(4)14/h8-9,11H,5-7H2,1-4H3,(H,12,13). The lowest BCUT2D eigenvalue weighted by atomic mass is 10.3. The van der Waals surface area contributed by atoms with Crippen molar-refractivity contribution in [2.24, 2.45) is 0 Å². The highest BCUT2D eigenvalue weighted by Crippen LogP contribution is 1.96. The van der Waals surface area contributed by atoms with Crippen molar-refractivity contribution < 1.29 is 9.00 Å². The highest BCUT2D eigenvalue weighted by molar-refractivity contribution is 7.84. The molecule has 0 heterocycles. The number of hydrogen-bond acceptors (Lipinski definition) is 3. The Hall–Kier alpha value is -0.420. The van der Waals surface area contributed by atoms with Crippen LogP contribution in [0.2, 0.25) is 0 Å². The van der Waals surface area contributed by atoms with Crippen LogP contribution >= 0.6 is 0 Å². The molecule has 1 amide bonds. The minimum absolute atomic E-state index is 0.00951. The molecule has 0 bridgehead atoms. The van der Waals surface area contributed by atoms with E-state index in [9.17, 15) is 9.00 Å². The summed E-state index contributed by atoms with van der Waals surface area (Å²) in [7, 11) is -0.774. The smallest absolute Gasteiger partial charge is 0.234 e. The predicted octanol–water partition coefficient (Wildman–Crippen LogP) is 0.258. The Morgan fingerprint density at radius 1 is 1.33 bits per heavy atom. The molecule has 0 aromatic carbocycles. The van der Waals surface area contributed by atoms with Crippen LogP contribution in [0.25, 0.3) is 0 Å². The number of carbonyl (C=O) groups is 1. The summed E-state index contributed by atoms with van der Waals surface area (Å²) in [6.45, 7) is 6.87. The summed E-state index contributed by atoms with van der Waals surface area (Å²) in [5.74, 6) is 0.00951. The molecule has 0 aliphatic heterocycles. The van der Waals surface area contributed by atoms with Gasteiger partial charge in [0.05, 0.1) is 6.54 Å². The van der Waals surface area contributed by atoms with Crippen LogP contribution in [-0.2, 0) is 15.6 Å². The molecule has 0 radical (unpaired) electrons. The Bertz CT molecular complexity index is 219. The second-order valence-electron chi connectivity index (χ2n) is 4.00. The van der Waals surface area contributed by atoms with E-state index in [4.69, 9.17) is 0 Å². The second kappa shape index (κ2) is 7.82. The first kappa shape index (κ1) is 14.6. The second-order valence-corrected chi connectivity index (χ2v) is 5.80. The van der Waals surface area contributed by atoms with Gasteiger partial charge < -0.3 is 10.6 Å². The molecule has 2 unspecified atom stereocenters. The Morgan fingerprint density at radius 3 is 2.40 bits per heavy atom. The van der Waals surface area contributed by atoms with Gasteiger partial charge in [-0.25, -0.2) is 0 Å². The lowest BCUT2D eigenvalue weighted by Gasteiger charge is -2.10. The van der Waals surface area contributed by atoms with Crippen LogP contribution in [0.3, 0.4) is 0 Å². The fraction of sp³-hybridized carbons (Fsp3) is 0.900. The maximum atomic E-state index is 11.2. The largest absolute Gasteiger partial charge is 0.353 e. The van der Waals surface area contributed by atoms with Gasteiger partial charge in [0, 0.05) is 28.3 Å². The summed E-state index contributed by atoms with van der Waals surface area (Å²) in [5.41, 5.74) is 0. The predicted molar refractivity (Wildman–Crippen MR) is 64.3 cm³/mol. The molecular formula is C10H22N2O2S. The van der Waals surface area contributed by atoms with Crippen LogP contribution in [0.4, 0.5) is 0 Å². The Balaban J connectivity index is 3.46. The van der Waals surface area contributed by atoms with Crippen LogP contribution in [0.1, 0.15) is 27.2 Å². The van der Waals surface area contributed by atoms with E-state index in [2.05, 4.69) is 10.6 Å². The van der Waals surface area contributed by atoms with E-state index in [0.29, 0.717) is 6.54 Å². The summed E-state index contributed by atoms with van der Waals surface area (Å²) >= 11 is 0. The quantitative estimate of drug-likeness (QED) is 0.621. The van der Waals surface area contributed by atoms with Gasteiger partial charge in [-0.1, -0.05) is 6.92 Å². The van der Waals surface area contributed by atoms with Crippen LogP contribution in [-0.4, -0.2) is 40.8 Å². The monoisotopic (exact) mass is 234 g/mol. The van der Waals surface area contributed by atoms with Crippen molar-refractivity contribution in [2.45, 2.75) is 38.5 Å². The van der Waals surface area contributed by atoms with Gasteiger partial charge in [-0.15, -0.1) is 0 Å². The zero-order chi connectivity index (χ0) is 11.8. The van der Waals surface area contributed by atoms with Crippen LogP contribution in [0.5, 0.6) is 0 Å². The first-order valence-electron chi connectivity index (χ1n) is 5.25. The fourth-order valence-electron chi connectivity index (χ4n) is 1.05. The zero-order valence-electron chi connectivity index (χ0n) is 10.0. The molecule has 15 heavy (non-hydrogen) atoms. The van der Waals surface area contributed by atoms with E-state index in [1.807, 2.05) is 20.8 Å². The topological polar surface area (TPSA) is 58.2 Å². The van der Waals surface area contributed by atoms with E-state index in [1.165, 1.54) is 0 Å². The molecule has 0 aromatic heterocycles. The van der Waals surface area contributed by atoms with Gasteiger partial charge in [0.15, 0.2) is 0 Å². The summed E-state index contributed by atoms with van der Waals surface area (Å²) in [6.07, 6.45) is 2.54. The Labute approximate surface area is 94.7 Å². The summed E-state index contributed by atoms with van der Waals surface area (Å²) < 4.78 is 11.0. The molecule has 4 nitrogen and oxygen atoms in total. The molecule has 0 fully saturated rings. The first-order chi connectivity index (χ1) is 6.93. The zero-order valence-corrected chi connectivity index (χ0v) is 10.8. The third-order valence-electron chi connectivity index (χ3n) is 2.03. The third-order valence-corrected chi connectivity index (χ3v) is 3.40. The molecule has 2 atom stereocenters. The number of nitrogens with one attached hydrogen (secondary N) is 2. The minimum Gasteiger partial charge on any atom is -0.353 e. The minimum atomic E-state index is -0.774. The van der Waals surface area contributed by atoms with Gasteiger partial charge in [-0.05, 0) is 26.8 Å². The number of rotatable bonds is 7. The average molecular weight is 234 g/mol. The third kappa shape index (κ3) is 8.57. The molecule has 0 aliphatic carbocycles. The van der Waals surface area contributed by atoms with Gasteiger partial charge in [-0.3, -0.25) is 9.00 Å². The van der Waals surface area contributed by atoms with E-state index in [1.54, 1.807) is 6.26 Å². The SMILES string of the molecule is CC(C)NC(=O)CNCCC(C)S(C)=O. The van der Waals surface area contributed by atoms with Crippen molar-refractivity contribution in [1.29, 1.82) is 0 Å². The molecule has 0 saturated heterocycles. The van der Waals surface area contributed by atoms with Gasteiger partial charge in [0.1, 0.15) is 0 Å².